The number of carbonyl (C=O) groups excluding carboxylic acids is 2. The van der Waals surface area contributed by atoms with Crippen LogP contribution in [0.2, 0.25) is 0 Å². The summed E-state index contributed by atoms with van der Waals surface area (Å²) in [7, 11) is 3.01. The average molecular weight is 415 g/mol. The lowest BCUT2D eigenvalue weighted by Gasteiger charge is -2.45. The second-order valence-electron chi connectivity index (χ2n) is 8.95. The maximum Gasteiger partial charge on any atom is 0.306 e. The van der Waals surface area contributed by atoms with Crippen molar-refractivity contribution in [2.45, 2.75) is 101 Å². The normalized spacial score (nSPS) is 28.9. The van der Waals surface area contributed by atoms with E-state index in [0.29, 0.717) is 25.9 Å². The highest BCUT2D eigenvalue weighted by molar-refractivity contribution is 5.69. The number of hydrogen-bond donors (Lipinski definition) is 1. The largest absolute Gasteiger partial charge is 0.469 e. The van der Waals surface area contributed by atoms with Crippen molar-refractivity contribution in [3.8, 4) is 0 Å². The van der Waals surface area contributed by atoms with Crippen LogP contribution in [0.1, 0.15) is 78.1 Å². The maximum absolute atomic E-state index is 12.3. The third-order valence-corrected chi connectivity index (χ3v) is 6.18. The maximum atomic E-state index is 12.3. The van der Waals surface area contributed by atoms with Crippen molar-refractivity contribution in [3.05, 3.63) is 0 Å². The average Bonchev–Trinajstić information content (AvgIpc) is 3.43. The monoisotopic (exact) mass is 414 g/mol. The SMILES string of the molecule is COC(=O)CCCCCCCCC(=O)O[C@@H]1CC[C@]2(CO2)[C@@H](C(C)(C)O)[C@@H]1OC. The molecule has 0 bridgehead atoms. The molecule has 1 saturated carbocycles. The molecule has 0 aromatic heterocycles. The number of ether oxygens (including phenoxy) is 4. The van der Waals surface area contributed by atoms with Gasteiger partial charge in [-0.2, -0.15) is 0 Å². The number of epoxide rings is 1. The quantitative estimate of drug-likeness (QED) is 0.298. The minimum atomic E-state index is -0.976. The lowest BCUT2D eigenvalue weighted by atomic mass is 9.68. The van der Waals surface area contributed by atoms with Gasteiger partial charge in [0.25, 0.3) is 0 Å². The van der Waals surface area contributed by atoms with E-state index in [1.54, 1.807) is 21.0 Å². The van der Waals surface area contributed by atoms with Crippen LogP contribution in [0.3, 0.4) is 0 Å². The highest BCUT2D eigenvalue weighted by Crippen LogP contribution is 2.51. The van der Waals surface area contributed by atoms with E-state index in [-0.39, 0.29) is 35.7 Å². The van der Waals surface area contributed by atoms with Crippen LogP contribution in [0.5, 0.6) is 0 Å². The fourth-order valence-electron chi connectivity index (χ4n) is 4.67. The van der Waals surface area contributed by atoms with Gasteiger partial charge in [-0.05, 0) is 39.5 Å². The van der Waals surface area contributed by atoms with Gasteiger partial charge in [-0.3, -0.25) is 9.59 Å². The third kappa shape index (κ3) is 6.93. The highest BCUT2D eigenvalue weighted by atomic mass is 16.6. The summed E-state index contributed by atoms with van der Waals surface area (Å²) in [6, 6.07) is 0. The molecule has 168 valence electrons. The molecule has 2 rings (SSSR count). The Kier molecular flexibility index (Phi) is 8.91. The van der Waals surface area contributed by atoms with Gasteiger partial charge in [0.15, 0.2) is 0 Å². The number of methoxy groups -OCH3 is 2. The van der Waals surface area contributed by atoms with Gasteiger partial charge in [-0.25, -0.2) is 0 Å². The lowest BCUT2D eigenvalue weighted by Crippen LogP contribution is -2.57. The van der Waals surface area contributed by atoms with Gasteiger partial charge in [-0.1, -0.05) is 25.7 Å². The Balaban J connectivity index is 1.67. The molecule has 0 amide bonds. The number of esters is 2. The van der Waals surface area contributed by atoms with E-state index in [4.69, 9.17) is 14.2 Å². The van der Waals surface area contributed by atoms with Gasteiger partial charge >= 0.3 is 11.9 Å². The Hall–Kier alpha value is -1.18. The lowest BCUT2D eigenvalue weighted by molar-refractivity contribution is -0.185. The summed E-state index contributed by atoms with van der Waals surface area (Å²) < 4.78 is 21.7. The van der Waals surface area contributed by atoms with E-state index in [1.807, 2.05) is 0 Å². The summed E-state index contributed by atoms with van der Waals surface area (Å²) in [5.74, 6) is -0.586. The zero-order chi connectivity index (χ0) is 21.5. The summed E-state index contributed by atoms with van der Waals surface area (Å²) in [5, 5.41) is 10.7. The fourth-order valence-corrected chi connectivity index (χ4v) is 4.67. The molecule has 1 aliphatic carbocycles. The van der Waals surface area contributed by atoms with E-state index in [1.165, 1.54) is 7.11 Å². The molecule has 0 aromatic rings. The Labute approximate surface area is 174 Å². The molecule has 2 aliphatic rings. The standard InChI is InChI=1S/C22H38O7/c1-21(2,25)20-19(27-4)16(13-14-22(20)15-28-22)29-18(24)12-10-8-6-5-7-9-11-17(23)26-3/h16,19-20,25H,5-15H2,1-4H3/t16-,19-,20-,22+/m1/s1. The second kappa shape index (κ2) is 10.7. The summed E-state index contributed by atoms with van der Waals surface area (Å²) in [6.07, 6.45) is 7.31. The van der Waals surface area contributed by atoms with Crippen LogP contribution < -0.4 is 0 Å². The van der Waals surface area contributed by atoms with Crippen molar-refractivity contribution in [1.29, 1.82) is 0 Å². The second-order valence-corrected chi connectivity index (χ2v) is 8.95. The number of rotatable bonds is 12. The smallest absolute Gasteiger partial charge is 0.306 e. The van der Waals surface area contributed by atoms with E-state index < -0.39 is 5.60 Å². The van der Waals surface area contributed by atoms with Crippen molar-refractivity contribution < 1.29 is 33.6 Å². The molecule has 1 aliphatic heterocycles. The Morgan fingerprint density at radius 3 is 2.07 bits per heavy atom. The van der Waals surface area contributed by atoms with Crippen LogP contribution >= 0.6 is 0 Å². The van der Waals surface area contributed by atoms with Crippen molar-refractivity contribution in [2.75, 3.05) is 20.8 Å². The van der Waals surface area contributed by atoms with Gasteiger partial charge in [0.1, 0.15) is 12.2 Å². The zero-order valence-electron chi connectivity index (χ0n) is 18.4. The Bertz CT molecular complexity index is 536. The predicted octanol–water partition coefficient (Wildman–Crippen LogP) is 3.16. The minimum absolute atomic E-state index is 0.157. The Morgan fingerprint density at radius 2 is 1.59 bits per heavy atom. The predicted molar refractivity (Wildman–Crippen MR) is 107 cm³/mol. The molecule has 7 nitrogen and oxygen atoms in total. The summed E-state index contributed by atoms with van der Waals surface area (Å²) >= 11 is 0. The minimum Gasteiger partial charge on any atom is -0.469 e. The molecular formula is C22H38O7. The first kappa shape index (κ1) is 24.1. The zero-order valence-corrected chi connectivity index (χ0v) is 18.4. The number of carbonyl (C=O) groups is 2. The van der Waals surface area contributed by atoms with Crippen molar-refractivity contribution in [2.24, 2.45) is 5.92 Å². The molecule has 4 atom stereocenters. The number of hydrogen-bond acceptors (Lipinski definition) is 7. The molecule has 1 heterocycles. The van der Waals surface area contributed by atoms with E-state index in [2.05, 4.69) is 4.74 Å². The first-order valence-electron chi connectivity index (χ1n) is 10.9. The molecule has 0 radical (unpaired) electrons. The van der Waals surface area contributed by atoms with Crippen LogP contribution in [0.4, 0.5) is 0 Å². The molecule has 7 heteroatoms. The molecular weight excluding hydrogens is 376 g/mol. The number of aliphatic hydroxyl groups is 1. The molecule has 0 unspecified atom stereocenters. The van der Waals surface area contributed by atoms with Crippen LogP contribution in [0, 0.1) is 5.92 Å². The van der Waals surface area contributed by atoms with Crippen LogP contribution in [0.15, 0.2) is 0 Å². The molecule has 1 N–H and O–H groups in total. The van der Waals surface area contributed by atoms with Gasteiger partial charge < -0.3 is 24.1 Å². The Morgan fingerprint density at radius 1 is 1.03 bits per heavy atom. The first-order valence-corrected chi connectivity index (χ1v) is 10.9. The molecule has 2 fully saturated rings. The number of unbranched alkanes of at least 4 members (excludes halogenated alkanes) is 5. The first-order chi connectivity index (χ1) is 13.7. The van der Waals surface area contributed by atoms with Crippen LogP contribution in [0.25, 0.3) is 0 Å². The van der Waals surface area contributed by atoms with Crippen molar-refractivity contribution >= 4 is 11.9 Å². The van der Waals surface area contributed by atoms with Crippen LogP contribution in [-0.4, -0.2) is 61.3 Å². The highest BCUT2D eigenvalue weighted by Gasteiger charge is 2.63. The van der Waals surface area contributed by atoms with Gasteiger partial charge in [0.2, 0.25) is 0 Å². The van der Waals surface area contributed by atoms with Crippen molar-refractivity contribution in [3.63, 3.8) is 0 Å². The molecule has 0 aromatic carbocycles. The van der Waals surface area contributed by atoms with E-state index in [0.717, 1.165) is 44.9 Å². The molecule has 29 heavy (non-hydrogen) atoms. The van der Waals surface area contributed by atoms with Gasteiger partial charge in [0.05, 0.1) is 24.9 Å². The molecule has 1 saturated heterocycles. The van der Waals surface area contributed by atoms with E-state index in [9.17, 15) is 14.7 Å². The van der Waals surface area contributed by atoms with Crippen molar-refractivity contribution in [1.82, 2.24) is 0 Å². The fraction of sp³-hybridized carbons (Fsp3) is 0.909. The molecule has 1 spiro atoms. The van der Waals surface area contributed by atoms with Gasteiger partial charge in [-0.15, -0.1) is 0 Å². The summed E-state index contributed by atoms with van der Waals surface area (Å²) in [4.78, 5) is 23.4. The summed E-state index contributed by atoms with van der Waals surface area (Å²) in [6.45, 7) is 4.16. The summed E-state index contributed by atoms with van der Waals surface area (Å²) in [5.41, 5.74) is -1.31. The third-order valence-electron chi connectivity index (χ3n) is 6.18. The van der Waals surface area contributed by atoms with E-state index >= 15 is 0 Å². The topological polar surface area (TPSA) is 94.6 Å². The van der Waals surface area contributed by atoms with Gasteiger partial charge in [0, 0.05) is 25.9 Å². The van der Waals surface area contributed by atoms with Crippen LogP contribution in [-0.2, 0) is 28.5 Å².